The van der Waals surface area contributed by atoms with Crippen molar-refractivity contribution in [2.75, 3.05) is 11.9 Å². The zero-order valence-electron chi connectivity index (χ0n) is 8.06. The fraction of sp³-hybridized carbons (Fsp3) is 0.364. The molecule has 1 N–H and O–H groups in total. The molecule has 0 aromatic heterocycles. The maximum absolute atomic E-state index is 12.8. The first-order valence-electron chi connectivity index (χ1n) is 4.75. The van der Waals surface area contributed by atoms with E-state index in [-0.39, 0.29) is 5.41 Å². The number of anilines is 1. The van der Waals surface area contributed by atoms with Gasteiger partial charge in [-0.05, 0) is 31.0 Å². The third-order valence-electron chi connectivity index (χ3n) is 2.64. The Labute approximate surface area is 86.5 Å². The first-order valence-corrected chi connectivity index (χ1v) is 4.75. The number of nitriles is 1. The van der Waals surface area contributed by atoms with E-state index in [0.717, 1.165) is 25.0 Å². The summed E-state index contributed by atoms with van der Waals surface area (Å²) < 4.78 is 25.4. The minimum Gasteiger partial charge on any atom is -0.383 e. The lowest BCUT2D eigenvalue weighted by molar-refractivity contribution is 0.509. The molecule has 0 amide bonds. The molecule has 0 radical (unpaired) electrons. The molecule has 0 unspecified atom stereocenters. The Kier molecular flexibility index (Phi) is 2.31. The van der Waals surface area contributed by atoms with Gasteiger partial charge in [0.05, 0.1) is 11.5 Å². The van der Waals surface area contributed by atoms with Crippen molar-refractivity contribution in [2.24, 2.45) is 5.41 Å². The minimum absolute atomic E-state index is 0.287. The molecule has 2 rings (SSSR count). The van der Waals surface area contributed by atoms with Gasteiger partial charge in [-0.15, -0.1) is 0 Å². The fourth-order valence-corrected chi connectivity index (χ4v) is 1.36. The van der Waals surface area contributed by atoms with Gasteiger partial charge in [-0.3, -0.25) is 0 Å². The van der Waals surface area contributed by atoms with Crippen LogP contribution in [0.3, 0.4) is 0 Å². The zero-order chi connectivity index (χ0) is 10.9. The van der Waals surface area contributed by atoms with Crippen LogP contribution in [0.15, 0.2) is 18.2 Å². The molecule has 0 atom stereocenters. The van der Waals surface area contributed by atoms with E-state index in [1.165, 1.54) is 6.07 Å². The van der Waals surface area contributed by atoms with Gasteiger partial charge in [-0.25, -0.2) is 8.78 Å². The molecule has 0 aliphatic heterocycles. The van der Waals surface area contributed by atoms with Crippen molar-refractivity contribution < 1.29 is 8.78 Å². The number of benzene rings is 1. The van der Waals surface area contributed by atoms with Crippen LogP contribution in [0.25, 0.3) is 0 Å². The van der Waals surface area contributed by atoms with Crippen molar-refractivity contribution in [2.45, 2.75) is 12.8 Å². The largest absolute Gasteiger partial charge is 0.383 e. The summed E-state index contributed by atoms with van der Waals surface area (Å²) in [5.74, 6) is -1.73. The van der Waals surface area contributed by atoms with Gasteiger partial charge in [0, 0.05) is 12.2 Å². The van der Waals surface area contributed by atoms with E-state index in [1.54, 1.807) is 0 Å². The van der Waals surface area contributed by atoms with E-state index < -0.39 is 11.6 Å². The van der Waals surface area contributed by atoms with Crippen molar-refractivity contribution in [1.29, 1.82) is 5.26 Å². The number of hydrogen-bond acceptors (Lipinski definition) is 2. The Morgan fingerprint density at radius 2 is 2.07 bits per heavy atom. The molecule has 1 aromatic rings. The third-order valence-corrected chi connectivity index (χ3v) is 2.64. The molecule has 1 fully saturated rings. The second-order valence-electron chi connectivity index (χ2n) is 3.87. The first kappa shape index (κ1) is 9.91. The van der Waals surface area contributed by atoms with Gasteiger partial charge in [0.25, 0.3) is 0 Å². The smallest absolute Gasteiger partial charge is 0.160 e. The summed E-state index contributed by atoms with van der Waals surface area (Å²) in [4.78, 5) is 0. The molecule has 0 heterocycles. The highest BCUT2D eigenvalue weighted by Crippen LogP contribution is 2.44. The summed E-state index contributed by atoms with van der Waals surface area (Å²) in [7, 11) is 0. The number of nitrogens with zero attached hydrogens (tertiary/aromatic N) is 1. The average Bonchev–Trinajstić information content (AvgIpc) is 3.01. The molecule has 0 bridgehead atoms. The number of halogens is 2. The van der Waals surface area contributed by atoms with Crippen LogP contribution in [-0.2, 0) is 0 Å². The third kappa shape index (κ3) is 2.07. The molecule has 0 saturated heterocycles. The van der Waals surface area contributed by atoms with Crippen molar-refractivity contribution in [3.63, 3.8) is 0 Å². The molecule has 1 saturated carbocycles. The maximum Gasteiger partial charge on any atom is 0.160 e. The van der Waals surface area contributed by atoms with Gasteiger partial charge in [0.2, 0.25) is 0 Å². The predicted octanol–water partition coefficient (Wildman–Crippen LogP) is 2.68. The zero-order valence-corrected chi connectivity index (χ0v) is 8.06. The molecule has 1 aliphatic rings. The van der Waals surface area contributed by atoms with Gasteiger partial charge in [-0.2, -0.15) is 5.26 Å². The standard InChI is InChI=1S/C11H10F2N2/c12-9-2-1-8(5-10(9)13)15-7-11(6-14)3-4-11/h1-2,5,15H,3-4,7H2. The van der Waals surface area contributed by atoms with Crippen molar-refractivity contribution in [1.82, 2.24) is 0 Å². The summed E-state index contributed by atoms with van der Waals surface area (Å²) in [6.07, 6.45) is 1.75. The van der Waals surface area contributed by atoms with Crippen LogP contribution in [0.1, 0.15) is 12.8 Å². The van der Waals surface area contributed by atoms with E-state index in [4.69, 9.17) is 5.26 Å². The average molecular weight is 208 g/mol. The van der Waals surface area contributed by atoms with Crippen molar-refractivity contribution in [3.05, 3.63) is 29.8 Å². The van der Waals surface area contributed by atoms with Gasteiger partial charge in [-0.1, -0.05) is 0 Å². The van der Waals surface area contributed by atoms with E-state index in [9.17, 15) is 8.78 Å². The molecule has 2 nitrogen and oxygen atoms in total. The number of nitrogens with one attached hydrogen (secondary N) is 1. The molecule has 1 aromatic carbocycles. The lowest BCUT2D eigenvalue weighted by Crippen LogP contribution is -2.13. The second-order valence-corrected chi connectivity index (χ2v) is 3.87. The highest BCUT2D eigenvalue weighted by molar-refractivity contribution is 5.44. The SMILES string of the molecule is N#CC1(CNc2ccc(F)c(F)c2)CC1. The minimum atomic E-state index is -0.873. The Hall–Kier alpha value is -1.63. The normalized spacial score (nSPS) is 16.9. The van der Waals surface area contributed by atoms with Crippen LogP contribution < -0.4 is 5.32 Å². The second kappa shape index (κ2) is 3.50. The topological polar surface area (TPSA) is 35.8 Å². The monoisotopic (exact) mass is 208 g/mol. The highest BCUT2D eigenvalue weighted by atomic mass is 19.2. The molecular weight excluding hydrogens is 198 g/mol. The lowest BCUT2D eigenvalue weighted by atomic mass is 10.1. The van der Waals surface area contributed by atoms with E-state index >= 15 is 0 Å². The Morgan fingerprint density at radius 3 is 2.60 bits per heavy atom. The molecule has 15 heavy (non-hydrogen) atoms. The van der Waals surface area contributed by atoms with E-state index in [0.29, 0.717) is 12.2 Å². The molecular formula is C11H10F2N2. The Bertz CT molecular complexity index is 419. The van der Waals surface area contributed by atoms with Crippen LogP contribution in [0, 0.1) is 28.4 Å². The predicted molar refractivity (Wildman–Crippen MR) is 52.1 cm³/mol. The fourth-order valence-electron chi connectivity index (χ4n) is 1.36. The number of rotatable bonds is 3. The van der Waals surface area contributed by atoms with Crippen LogP contribution in [0.2, 0.25) is 0 Å². The summed E-state index contributed by atoms with van der Waals surface area (Å²) >= 11 is 0. The first-order chi connectivity index (χ1) is 7.15. The Balaban J connectivity index is 2.00. The van der Waals surface area contributed by atoms with Gasteiger partial charge >= 0.3 is 0 Å². The lowest BCUT2D eigenvalue weighted by Gasteiger charge is -2.09. The maximum atomic E-state index is 12.8. The molecule has 0 spiro atoms. The Morgan fingerprint density at radius 1 is 1.33 bits per heavy atom. The quantitative estimate of drug-likeness (QED) is 0.828. The highest BCUT2D eigenvalue weighted by Gasteiger charge is 2.42. The summed E-state index contributed by atoms with van der Waals surface area (Å²) in [5.41, 5.74) is 0.223. The summed E-state index contributed by atoms with van der Waals surface area (Å²) in [6, 6.07) is 5.86. The van der Waals surface area contributed by atoms with Crippen molar-refractivity contribution >= 4 is 5.69 Å². The van der Waals surface area contributed by atoms with E-state index in [1.807, 2.05) is 0 Å². The van der Waals surface area contributed by atoms with Crippen LogP contribution >= 0.6 is 0 Å². The van der Waals surface area contributed by atoms with Crippen LogP contribution in [0.4, 0.5) is 14.5 Å². The van der Waals surface area contributed by atoms with Gasteiger partial charge in [0.1, 0.15) is 0 Å². The number of hydrogen-bond donors (Lipinski definition) is 1. The van der Waals surface area contributed by atoms with Crippen LogP contribution in [0.5, 0.6) is 0 Å². The van der Waals surface area contributed by atoms with Crippen molar-refractivity contribution in [3.8, 4) is 6.07 Å². The molecule has 78 valence electrons. The van der Waals surface area contributed by atoms with Gasteiger partial charge in [0.15, 0.2) is 11.6 Å². The summed E-state index contributed by atoms with van der Waals surface area (Å²) in [6.45, 7) is 0.495. The molecule has 4 heteroatoms. The summed E-state index contributed by atoms with van der Waals surface area (Å²) in [5, 5.41) is 11.7. The van der Waals surface area contributed by atoms with Crippen LogP contribution in [-0.4, -0.2) is 6.54 Å². The van der Waals surface area contributed by atoms with E-state index in [2.05, 4.69) is 11.4 Å². The van der Waals surface area contributed by atoms with Gasteiger partial charge < -0.3 is 5.32 Å². The molecule has 1 aliphatic carbocycles.